The number of pyridine rings is 1. The van der Waals surface area contributed by atoms with Crippen LogP contribution >= 0.6 is 0 Å². The fraction of sp³-hybridized carbons (Fsp3) is 0.182. The Bertz CT molecular complexity index is 534. The predicted molar refractivity (Wildman–Crippen MR) is 63.9 cm³/mol. The number of rotatable bonds is 3. The molecule has 0 fully saturated rings. The Morgan fingerprint density at radius 1 is 1.59 bits per heavy atom. The van der Waals surface area contributed by atoms with Crippen LogP contribution in [0.2, 0.25) is 0 Å². The maximum absolute atomic E-state index is 11.3. The quantitative estimate of drug-likeness (QED) is 0.794. The molecule has 0 aliphatic rings. The van der Waals surface area contributed by atoms with E-state index in [1.807, 2.05) is 6.07 Å². The number of anilines is 1. The van der Waals surface area contributed by atoms with Crippen molar-refractivity contribution in [2.75, 3.05) is 12.8 Å². The Morgan fingerprint density at radius 3 is 3.12 bits per heavy atom. The molecule has 2 rings (SSSR count). The largest absolute Gasteiger partial charge is 0.384 e. The molecule has 6 heteroatoms. The summed E-state index contributed by atoms with van der Waals surface area (Å²) in [5.41, 5.74) is 7.35. The van der Waals surface area contributed by atoms with Crippen LogP contribution in [0.25, 0.3) is 11.3 Å². The third kappa shape index (κ3) is 2.41. The topological polar surface area (TPSA) is 85.8 Å². The van der Waals surface area contributed by atoms with E-state index in [-0.39, 0.29) is 12.5 Å². The van der Waals surface area contributed by atoms with Gasteiger partial charge < -0.3 is 15.6 Å². The van der Waals surface area contributed by atoms with Crippen molar-refractivity contribution < 1.29 is 4.79 Å². The molecule has 88 valence electrons. The molecule has 0 spiro atoms. The van der Waals surface area contributed by atoms with Crippen molar-refractivity contribution in [3.8, 4) is 11.3 Å². The third-order valence-electron chi connectivity index (χ3n) is 2.38. The van der Waals surface area contributed by atoms with Gasteiger partial charge in [0.2, 0.25) is 5.91 Å². The molecule has 0 saturated heterocycles. The van der Waals surface area contributed by atoms with Gasteiger partial charge in [-0.3, -0.25) is 4.79 Å². The second-order valence-electron chi connectivity index (χ2n) is 3.55. The number of aromatic nitrogens is 3. The van der Waals surface area contributed by atoms with Crippen LogP contribution in [0.15, 0.2) is 30.9 Å². The van der Waals surface area contributed by atoms with Gasteiger partial charge in [0.25, 0.3) is 0 Å². The lowest BCUT2D eigenvalue weighted by Crippen LogP contribution is -2.23. The number of imidazole rings is 1. The molecular formula is C11H13N5O. The van der Waals surface area contributed by atoms with E-state index in [0.29, 0.717) is 5.82 Å². The molecule has 0 aliphatic heterocycles. The van der Waals surface area contributed by atoms with Crippen molar-refractivity contribution in [3.05, 3.63) is 30.9 Å². The first-order valence-corrected chi connectivity index (χ1v) is 5.13. The summed E-state index contributed by atoms with van der Waals surface area (Å²) in [6.45, 7) is 0.230. The zero-order valence-corrected chi connectivity index (χ0v) is 9.42. The Balaban J connectivity index is 2.33. The molecule has 1 amide bonds. The van der Waals surface area contributed by atoms with E-state index in [9.17, 15) is 4.79 Å². The Morgan fingerprint density at radius 2 is 2.41 bits per heavy atom. The molecule has 3 N–H and O–H groups in total. The molecule has 0 saturated carbocycles. The molecule has 0 aromatic carbocycles. The number of nitrogen functional groups attached to an aromatic ring is 1. The van der Waals surface area contributed by atoms with Gasteiger partial charge in [-0.2, -0.15) is 0 Å². The number of hydrogen-bond donors (Lipinski definition) is 2. The van der Waals surface area contributed by atoms with E-state index in [1.165, 1.54) is 0 Å². The zero-order valence-electron chi connectivity index (χ0n) is 9.42. The summed E-state index contributed by atoms with van der Waals surface area (Å²) < 4.78 is 1.76. The van der Waals surface area contributed by atoms with Crippen LogP contribution in [-0.2, 0) is 11.3 Å². The van der Waals surface area contributed by atoms with Gasteiger partial charge in [0.1, 0.15) is 12.4 Å². The van der Waals surface area contributed by atoms with E-state index < -0.39 is 0 Å². The van der Waals surface area contributed by atoms with Gasteiger partial charge in [0.15, 0.2) is 0 Å². The molecule has 2 aromatic rings. The summed E-state index contributed by atoms with van der Waals surface area (Å²) in [5, 5.41) is 2.57. The smallest absolute Gasteiger partial charge is 0.239 e. The van der Waals surface area contributed by atoms with E-state index in [4.69, 9.17) is 5.73 Å². The first-order valence-electron chi connectivity index (χ1n) is 5.13. The second kappa shape index (κ2) is 4.65. The minimum atomic E-state index is -0.0775. The second-order valence-corrected chi connectivity index (χ2v) is 3.55. The summed E-state index contributed by atoms with van der Waals surface area (Å²) in [6, 6.07) is 3.57. The minimum Gasteiger partial charge on any atom is -0.384 e. The SMILES string of the molecule is CNC(=O)Cn1cncc1-c1ccnc(N)c1. The lowest BCUT2D eigenvalue weighted by atomic mass is 10.2. The molecule has 0 unspecified atom stereocenters. The van der Waals surface area contributed by atoms with Crippen molar-refractivity contribution in [2.24, 2.45) is 0 Å². The summed E-state index contributed by atoms with van der Waals surface area (Å²) in [4.78, 5) is 19.3. The van der Waals surface area contributed by atoms with Gasteiger partial charge in [-0.15, -0.1) is 0 Å². The van der Waals surface area contributed by atoms with Gasteiger partial charge >= 0.3 is 0 Å². The number of carbonyl (C=O) groups is 1. The highest BCUT2D eigenvalue weighted by Gasteiger charge is 2.08. The summed E-state index contributed by atoms with van der Waals surface area (Å²) in [5.74, 6) is 0.362. The summed E-state index contributed by atoms with van der Waals surface area (Å²) in [6.07, 6.45) is 4.93. The van der Waals surface area contributed by atoms with Crippen molar-refractivity contribution in [1.82, 2.24) is 19.9 Å². The molecule has 2 heterocycles. The van der Waals surface area contributed by atoms with E-state index >= 15 is 0 Å². The van der Waals surface area contributed by atoms with E-state index in [1.54, 1.807) is 36.4 Å². The Labute approximate surface area is 98.5 Å². The van der Waals surface area contributed by atoms with Gasteiger partial charge in [-0.1, -0.05) is 0 Å². The normalized spacial score (nSPS) is 10.2. The number of likely N-dealkylation sites (N-methyl/N-ethyl adjacent to an activating group) is 1. The van der Waals surface area contributed by atoms with Crippen LogP contribution in [0, 0.1) is 0 Å². The van der Waals surface area contributed by atoms with Crippen molar-refractivity contribution in [3.63, 3.8) is 0 Å². The lowest BCUT2D eigenvalue weighted by Gasteiger charge is -2.07. The standard InChI is InChI=1S/C11H13N5O/c1-13-11(17)6-16-7-14-5-9(16)8-2-3-15-10(12)4-8/h2-5,7H,6H2,1H3,(H2,12,15)(H,13,17). The fourth-order valence-corrected chi connectivity index (χ4v) is 1.53. The third-order valence-corrected chi connectivity index (χ3v) is 2.38. The summed E-state index contributed by atoms with van der Waals surface area (Å²) >= 11 is 0. The van der Waals surface area contributed by atoms with Crippen LogP contribution < -0.4 is 11.1 Å². The maximum atomic E-state index is 11.3. The molecular weight excluding hydrogens is 218 g/mol. The molecule has 6 nitrogen and oxygen atoms in total. The number of nitrogens with two attached hydrogens (primary N) is 1. The zero-order chi connectivity index (χ0) is 12.3. The molecule has 17 heavy (non-hydrogen) atoms. The lowest BCUT2D eigenvalue weighted by molar-refractivity contribution is -0.121. The molecule has 2 aromatic heterocycles. The Hall–Kier alpha value is -2.37. The van der Waals surface area contributed by atoms with Gasteiger partial charge in [0, 0.05) is 18.8 Å². The summed E-state index contributed by atoms with van der Waals surface area (Å²) in [7, 11) is 1.60. The van der Waals surface area contributed by atoms with Crippen LogP contribution in [0.5, 0.6) is 0 Å². The van der Waals surface area contributed by atoms with E-state index in [0.717, 1.165) is 11.3 Å². The monoisotopic (exact) mass is 231 g/mol. The number of carbonyl (C=O) groups excluding carboxylic acids is 1. The molecule has 0 aliphatic carbocycles. The number of nitrogens with zero attached hydrogens (tertiary/aromatic N) is 3. The van der Waals surface area contributed by atoms with Crippen LogP contribution in [0.3, 0.4) is 0 Å². The number of amides is 1. The average Bonchev–Trinajstić information content (AvgIpc) is 2.77. The van der Waals surface area contributed by atoms with Crippen molar-refractivity contribution in [1.29, 1.82) is 0 Å². The minimum absolute atomic E-state index is 0.0775. The Kier molecular flexibility index (Phi) is 3.04. The highest BCUT2D eigenvalue weighted by atomic mass is 16.1. The first-order chi connectivity index (χ1) is 8.20. The number of hydrogen-bond acceptors (Lipinski definition) is 4. The van der Waals surface area contributed by atoms with Gasteiger partial charge in [0.05, 0.1) is 18.2 Å². The van der Waals surface area contributed by atoms with Crippen LogP contribution in [0.1, 0.15) is 0 Å². The van der Waals surface area contributed by atoms with Crippen molar-refractivity contribution in [2.45, 2.75) is 6.54 Å². The molecule has 0 atom stereocenters. The first kappa shape index (κ1) is 11.1. The molecule has 0 radical (unpaired) electrons. The van der Waals surface area contributed by atoms with Crippen LogP contribution in [-0.4, -0.2) is 27.5 Å². The van der Waals surface area contributed by atoms with Crippen molar-refractivity contribution >= 4 is 11.7 Å². The fourth-order valence-electron chi connectivity index (χ4n) is 1.53. The van der Waals surface area contributed by atoms with Crippen LogP contribution in [0.4, 0.5) is 5.82 Å². The predicted octanol–water partition coefficient (Wildman–Crippen LogP) is 0.273. The maximum Gasteiger partial charge on any atom is 0.239 e. The van der Waals surface area contributed by atoms with Gasteiger partial charge in [-0.05, 0) is 12.1 Å². The van der Waals surface area contributed by atoms with Gasteiger partial charge in [-0.25, -0.2) is 9.97 Å². The van der Waals surface area contributed by atoms with E-state index in [2.05, 4.69) is 15.3 Å². The molecule has 0 bridgehead atoms. The average molecular weight is 231 g/mol. The highest BCUT2D eigenvalue weighted by Crippen LogP contribution is 2.19. The highest BCUT2D eigenvalue weighted by molar-refractivity contribution is 5.76. The number of nitrogens with one attached hydrogen (secondary N) is 1.